The lowest BCUT2D eigenvalue weighted by atomic mass is 10.0. The molecule has 4 N–H and O–H groups in total. The second-order valence-corrected chi connectivity index (χ2v) is 16.2. The van der Waals surface area contributed by atoms with E-state index in [0.29, 0.717) is 92.5 Å². The van der Waals surface area contributed by atoms with E-state index in [4.69, 9.17) is 14.5 Å². The molecule has 62 heavy (non-hydrogen) atoms. The van der Waals surface area contributed by atoms with Crippen LogP contribution in [-0.4, -0.2) is 115 Å². The first-order valence-corrected chi connectivity index (χ1v) is 21.8. The van der Waals surface area contributed by atoms with Crippen LogP contribution in [0.25, 0.3) is 0 Å². The minimum Gasteiger partial charge on any atom is -0.496 e. The van der Waals surface area contributed by atoms with E-state index >= 15 is 0 Å². The van der Waals surface area contributed by atoms with Gasteiger partial charge in [0.25, 0.3) is 11.8 Å². The van der Waals surface area contributed by atoms with Crippen LogP contribution in [0.1, 0.15) is 109 Å². The smallest absolute Gasteiger partial charge is 0.255 e. The molecule has 4 aliphatic rings. The first kappa shape index (κ1) is 44.1. The zero-order chi connectivity index (χ0) is 43.8. The number of hydrogen-bond acceptors (Lipinski definition) is 12. The zero-order valence-corrected chi connectivity index (χ0v) is 35.8. The minimum atomic E-state index is -0.717. The third kappa shape index (κ3) is 9.89. The van der Waals surface area contributed by atoms with Crippen molar-refractivity contribution in [2.24, 2.45) is 0 Å². The van der Waals surface area contributed by atoms with Gasteiger partial charge in [0.05, 0.1) is 26.5 Å². The molecule has 6 amide bonds. The van der Waals surface area contributed by atoms with E-state index in [1.165, 1.54) is 4.90 Å². The number of imide groups is 1. The highest BCUT2D eigenvalue weighted by atomic mass is 16.5. The van der Waals surface area contributed by atoms with E-state index in [0.717, 1.165) is 49.2 Å². The molecule has 1 unspecified atom stereocenters. The molecular weight excluding hydrogens is 795 g/mol. The molecule has 2 atom stereocenters. The Labute approximate surface area is 361 Å². The second-order valence-electron chi connectivity index (χ2n) is 16.2. The lowest BCUT2D eigenvalue weighted by Crippen LogP contribution is -2.55. The molecule has 0 spiro atoms. The number of benzene rings is 2. The summed E-state index contributed by atoms with van der Waals surface area (Å²) in [6, 6.07) is 9.81. The maximum Gasteiger partial charge on any atom is 0.255 e. The summed E-state index contributed by atoms with van der Waals surface area (Å²) in [5.74, 6) is 0.560. The minimum absolute atomic E-state index is 0.0754. The van der Waals surface area contributed by atoms with Gasteiger partial charge >= 0.3 is 0 Å². The summed E-state index contributed by atoms with van der Waals surface area (Å²) in [5.41, 5.74) is 3.71. The van der Waals surface area contributed by atoms with E-state index in [1.54, 1.807) is 55.6 Å². The number of nitrogens with zero attached hydrogens (tertiary/aromatic N) is 5. The molecule has 3 aliphatic heterocycles. The number of nitrogens with one attached hydrogen (secondary N) is 4. The number of ether oxygens (including phenoxy) is 2. The van der Waals surface area contributed by atoms with Crippen molar-refractivity contribution >= 4 is 52.6 Å². The Bertz CT molecular complexity index is 2180. The molecule has 0 bridgehead atoms. The van der Waals surface area contributed by atoms with Gasteiger partial charge in [-0.2, -0.15) is 0 Å². The maximum atomic E-state index is 13.3. The average molecular weight is 852 g/mol. The highest BCUT2D eigenvalue weighted by Crippen LogP contribution is 2.40. The van der Waals surface area contributed by atoms with Crippen LogP contribution >= 0.6 is 0 Å². The Hall–Kier alpha value is -5.94. The van der Waals surface area contributed by atoms with Crippen molar-refractivity contribution < 1.29 is 38.2 Å². The van der Waals surface area contributed by atoms with Gasteiger partial charge in [0, 0.05) is 79.9 Å². The van der Waals surface area contributed by atoms with E-state index < -0.39 is 11.9 Å². The summed E-state index contributed by atoms with van der Waals surface area (Å²) in [7, 11) is 3.37. The van der Waals surface area contributed by atoms with Gasteiger partial charge in [-0.25, -0.2) is 9.97 Å². The second kappa shape index (κ2) is 20.3. The third-order valence-electron chi connectivity index (χ3n) is 12.2. The Balaban J connectivity index is 0.783. The van der Waals surface area contributed by atoms with Crippen LogP contribution < -0.4 is 35.8 Å². The van der Waals surface area contributed by atoms with Crippen LogP contribution in [0.15, 0.2) is 42.6 Å². The predicted molar refractivity (Wildman–Crippen MR) is 231 cm³/mol. The normalized spacial score (nSPS) is 18.8. The van der Waals surface area contributed by atoms with Crippen LogP contribution in [0.5, 0.6) is 5.75 Å². The number of carbonyl (C=O) groups excluding carboxylic acids is 6. The van der Waals surface area contributed by atoms with Crippen LogP contribution in [0.2, 0.25) is 0 Å². The molecule has 17 nitrogen and oxygen atoms in total. The number of methoxy groups -OCH3 is 1. The first-order chi connectivity index (χ1) is 30.1. The van der Waals surface area contributed by atoms with Gasteiger partial charge in [-0.1, -0.05) is 31.9 Å². The van der Waals surface area contributed by atoms with Gasteiger partial charge in [-0.15, -0.1) is 0 Å². The summed E-state index contributed by atoms with van der Waals surface area (Å²) in [5, 5.41) is 11.4. The number of carbonyl (C=O) groups is 6. The van der Waals surface area contributed by atoms with Crippen LogP contribution in [-0.2, 0) is 36.9 Å². The van der Waals surface area contributed by atoms with E-state index in [2.05, 4.69) is 31.2 Å². The standard InChI is InChI=1S/C45H57N9O8/c1-4-34-45(60)52(2)36-26-48-38(50-41(36)54(34)30-10-5-6-11-30)25-28-15-16-29(24-37(28)61-3)42(57)47-21-23-62-22-20-46-19-8-7-14-39(55)49-33-13-9-12-31-32(33)27-53(44(31)59)35-17-18-40(56)51-43(35)58/h9,12-13,15-16,24,26,30,34-35,46H,4-8,10-11,14,17-23,25,27H2,1-3H3,(H,47,57)(H,49,55)(H,51,56,58)/t34-,35?/m1/s1. The number of amides is 6. The monoisotopic (exact) mass is 851 g/mol. The molecule has 1 saturated heterocycles. The number of likely N-dealkylation sites (N-methyl/N-ethyl adjacent to an activating group) is 1. The SMILES string of the molecule is CC[C@@H]1C(=O)N(C)c2cnc(Cc3ccc(C(=O)NCCOCCNCCCCC(=O)Nc4cccc5c4CN(C4CCC(=O)NC4=O)C5=O)cc3OC)nc2N1C1CCCC1. The Morgan fingerprint density at radius 2 is 1.79 bits per heavy atom. The van der Waals surface area contributed by atoms with Gasteiger partial charge in [0.2, 0.25) is 23.6 Å². The Morgan fingerprint density at radius 3 is 2.56 bits per heavy atom. The number of aromatic nitrogens is 2. The number of rotatable bonds is 19. The van der Waals surface area contributed by atoms with Crippen molar-refractivity contribution in [3.63, 3.8) is 0 Å². The number of hydrogen-bond donors (Lipinski definition) is 4. The fraction of sp³-hybridized carbons (Fsp3) is 0.511. The molecule has 7 rings (SSSR count). The summed E-state index contributed by atoms with van der Waals surface area (Å²) < 4.78 is 11.4. The Morgan fingerprint density at radius 1 is 0.984 bits per heavy atom. The quantitative estimate of drug-likeness (QED) is 0.101. The van der Waals surface area contributed by atoms with Crippen molar-refractivity contribution in [2.75, 3.05) is 62.1 Å². The van der Waals surface area contributed by atoms with E-state index in [-0.39, 0.29) is 61.0 Å². The fourth-order valence-corrected chi connectivity index (χ4v) is 8.87. The molecule has 17 heteroatoms. The van der Waals surface area contributed by atoms with Gasteiger partial charge < -0.3 is 40.1 Å². The summed E-state index contributed by atoms with van der Waals surface area (Å²) >= 11 is 0. The largest absolute Gasteiger partial charge is 0.496 e. The molecule has 2 fully saturated rings. The molecule has 2 aromatic carbocycles. The molecule has 0 radical (unpaired) electrons. The lowest BCUT2D eigenvalue weighted by molar-refractivity contribution is -0.137. The molecule has 1 saturated carbocycles. The molecule has 4 heterocycles. The molecular formula is C45H57N9O8. The predicted octanol–water partition coefficient (Wildman–Crippen LogP) is 3.49. The van der Waals surface area contributed by atoms with Gasteiger partial charge in [0.15, 0.2) is 5.82 Å². The summed E-state index contributed by atoms with van der Waals surface area (Å²) in [6.45, 7) is 4.70. The lowest BCUT2D eigenvalue weighted by Gasteiger charge is -2.43. The van der Waals surface area contributed by atoms with E-state index in [1.807, 2.05) is 13.0 Å². The summed E-state index contributed by atoms with van der Waals surface area (Å²) in [6.07, 6.45) is 9.43. The van der Waals surface area contributed by atoms with Crippen LogP contribution in [0, 0.1) is 0 Å². The van der Waals surface area contributed by atoms with Gasteiger partial charge in [0.1, 0.15) is 29.3 Å². The highest BCUT2D eigenvalue weighted by Gasteiger charge is 2.42. The van der Waals surface area contributed by atoms with Crippen molar-refractivity contribution in [3.05, 3.63) is 70.7 Å². The van der Waals surface area contributed by atoms with E-state index in [9.17, 15) is 28.8 Å². The number of fused-ring (bicyclic) bond motifs is 2. The third-order valence-corrected chi connectivity index (χ3v) is 12.2. The highest BCUT2D eigenvalue weighted by molar-refractivity contribution is 6.07. The summed E-state index contributed by atoms with van der Waals surface area (Å²) in [4.78, 5) is 91.1. The van der Waals surface area contributed by atoms with Gasteiger partial charge in [-0.3, -0.25) is 34.1 Å². The van der Waals surface area contributed by atoms with Gasteiger partial charge in [-0.05, 0) is 69.3 Å². The van der Waals surface area contributed by atoms with Crippen LogP contribution in [0.3, 0.4) is 0 Å². The molecule has 3 aromatic rings. The molecule has 330 valence electrons. The zero-order valence-electron chi connectivity index (χ0n) is 35.8. The molecule has 1 aliphatic carbocycles. The maximum absolute atomic E-state index is 13.3. The molecule has 1 aromatic heterocycles. The first-order valence-electron chi connectivity index (χ1n) is 21.8. The number of anilines is 3. The van der Waals surface area contributed by atoms with Crippen molar-refractivity contribution in [2.45, 2.75) is 102 Å². The average Bonchev–Trinajstić information content (AvgIpc) is 3.92. The number of piperidine rings is 1. The fourth-order valence-electron chi connectivity index (χ4n) is 8.87. The van der Waals surface area contributed by atoms with Crippen LogP contribution in [0.4, 0.5) is 17.2 Å². The topological polar surface area (TPSA) is 204 Å². The van der Waals surface area contributed by atoms with Crippen molar-refractivity contribution in [3.8, 4) is 5.75 Å². The Kier molecular flexibility index (Phi) is 14.4. The van der Waals surface area contributed by atoms with Crippen molar-refractivity contribution in [1.29, 1.82) is 0 Å². The van der Waals surface area contributed by atoms with Crippen molar-refractivity contribution in [1.82, 2.24) is 30.8 Å². The number of unbranched alkanes of at least 4 members (excludes halogenated alkanes) is 1.